The summed E-state index contributed by atoms with van der Waals surface area (Å²) in [5.74, 6) is -0.0429. The first-order valence-corrected chi connectivity index (χ1v) is 6.63. The quantitative estimate of drug-likeness (QED) is 0.814. The Morgan fingerprint density at radius 1 is 1.33 bits per heavy atom. The zero-order chi connectivity index (χ0) is 12.8. The van der Waals surface area contributed by atoms with Gasteiger partial charge < -0.3 is 5.32 Å². The fraction of sp³-hybridized carbons (Fsp3) is 0.533. The van der Waals surface area contributed by atoms with Crippen LogP contribution >= 0.6 is 0 Å². The first-order valence-electron chi connectivity index (χ1n) is 6.63. The molecule has 3 heteroatoms. The number of piperidine rings is 1. The zero-order valence-electron chi connectivity index (χ0n) is 10.6. The number of Topliss-reactive ketones (excluding diaryl/α,β-unsaturated/α-hetero) is 1. The summed E-state index contributed by atoms with van der Waals surface area (Å²) in [5.41, 5.74) is 1.59. The molecule has 1 N–H and O–H groups in total. The molecule has 1 unspecified atom stereocenters. The zero-order valence-corrected chi connectivity index (χ0v) is 10.6. The monoisotopic (exact) mass is 247 g/mol. The Hall–Kier alpha value is -1.22. The summed E-state index contributed by atoms with van der Waals surface area (Å²) in [5, 5.41) is 3.33. The normalized spacial score (nSPS) is 25.1. The molecule has 2 aliphatic rings. The molecule has 3 rings (SSSR count). The van der Waals surface area contributed by atoms with E-state index in [4.69, 9.17) is 0 Å². The van der Waals surface area contributed by atoms with Crippen molar-refractivity contribution in [2.75, 3.05) is 13.1 Å². The van der Waals surface area contributed by atoms with Gasteiger partial charge in [0.2, 0.25) is 0 Å². The van der Waals surface area contributed by atoms with Crippen molar-refractivity contribution in [3.63, 3.8) is 0 Å². The van der Waals surface area contributed by atoms with Crippen LogP contribution in [0.4, 0.5) is 4.39 Å². The third-order valence-corrected chi connectivity index (χ3v) is 4.43. The molecule has 18 heavy (non-hydrogen) atoms. The van der Waals surface area contributed by atoms with Gasteiger partial charge in [0, 0.05) is 11.5 Å². The van der Waals surface area contributed by atoms with Crippen LogP contribution in [-0.4, -0.2) is 18.9 Å². The molecule has 1 aliphatic carbocycles. The average Bonchev–Trinajstić information content (AvgIpc) is 3.01. The third-order valence-electron chi connectivity index (χ3n) is 4.43. The van der Waals surface area contributed by atoms with E-state index in [-0.39, 0.29) is 22.9 Å². The van der Waals surface area contributed by atoms with Gasteiger partial charge in [0.1, 0.15) is 5.82 Å². The average molecular weight is 247 g/mol. The van der Waals surface area contributed by atoms with Crippen LogP contribution in [0.5, 0.6) is 0 Å². The summed E-state index contributed by atoms with van der Waals surface area (Å²) in [4.78, 5) is 12.4. The Morgan fingerprint density at radius 3 is 2.72 bits per heavy atom. The summed E-state index contributed by atoms with van der Waals surface area (Å²) in [6.07, 6.45) is 3.15. The van der Waals surface area contributed by atoms with Crippen LogP contribution < -0.4 is 5.32 Å². The van der Waals surface area contributed by atoms with Crippen LogP contribution in [0.1, 0.15) is 35.2 Å². The molecule has 0 aromatic heterocycles. The molecule has 1 aromatic rings. The first-order chi connectivity index (χ1) is 8.61. The van der Waals surface area contributed by atoms with E-state index in [2.05, 4.69) is 5.32 Å². The molecule has 2 nitrogen and oxygen atoms in total. The molecule has 1 saturated heterocycles. The highest BCUT2D eigenvalue weighted by molar-refractivity contribution is 6.00. The Kier molecular flexibility index (Phi) is 2.74. The number of hydrogen-bond acceptors (Lipinski definition) is 2. The van der Waals surface area contributed by atoms with Gasteiger partial charge in [-0.2, -0.15) is 0 Å². The largest absolute Gasteiger partial charge is 0.317 e. The van der Waals surface area contributed by atoms with E-state index in [1.165, 1.54) is 12.1 Å². The summed E-state index contributed by atoms with van der Waals surface area (Å²) >= 11 is 0. The Morgan fingerprint density at radius 2 is 2.06 bits per heavy atom. The van der Waals surface area contributed by atoms with Crippen LogP contribution in [0, 0.1) is 24.1 Å². The van der Waals surface area contributed by atoms with Crippen molar-refractivity contribution in [1.82, 2.24) is 5.32 Å². The molecule has 1 aromatic carbocycles. The van der Waals surface area contributed by atoms with E-state index >= 15 is 0 Å². The van der Waals surface area contributed by atoms with Crippen molar-refractivity contribution >= 4 is 5.78 Å². The Bertz CT molecular complexity index is 471. The Labute approximate surface area is 107 Å². The number of aryl methyl sites for hydroxylation is 1. The van der Waals surface area contributed by atoms with E-state index in [9.17, 15) is 9.18 Å². The number of carbonyl (C=O) groups excluding carboxylic acids is 1. The minimum Gasteiger partial charge on any atom is -0.317 e. The van der Waals surface area contributed by atoms with Crippen molar-refractivity contribution in [1.29, 1.82) is 0 Å². The Balaban J connectivity index is 1.80. The molecule has 0 amide bonds. The topological polar surface area (TPSA) is 29.1 Å². The predicted octanol–water partition coefficient (Wildman–Crippen LogP) is 2.71. The maximum Gasteiger partial charge on any atom is 0.166 e. The molecule has 96 valence electrons. The van der Waals surface area contributed by atoms with Gasteiger partial charge >= 0.3 is 0 Å². The van der Waals surface area contributed by atoms with E-state index in [1.807, 2.05) is 6.92 Å². The second-order valence-electron chi connectivity index (χ2n) is 5.75. The van der Waals surface area contributed by atoms with Crippen molar-refractivity contribution in [2.24, 2.45) is 11.3 Å². The number of carbonyl (C=O) groups is 1. The second-order valence-corrected chi connectivity index (χ2v) is 5.75. The standard InChI is InChI=1S/C15H18FNO/c1-10-6-11(8-12(16)7-10)14(18)13-9-15(13)2-4-17-5-3-15/h6-8,13,17H,2-5,9H2,1H3. The molecule has 0 bridgehead atoms. The second kappa shape index (κ2) is 4.16. The molecular formula is C15H18FNO. The lowest BCUT2D eigenvalue weighted by molar-refractivity contribution is 0.0940. The highest BCUT2D eigenvalue weighted by atomic mass is 19.1. The number of hydrogen-bond donors (Lipinski definition) is 1. The van der Waals surface area contributed by atoms with Crippen molar-refractivity contribution in [2.45, 2.75) is 26.2 Å². The van der Waals surface area contributed by atoms with E-state index in [0.29, 0.717) is 5.56 Å². The van der Waals surface area contributed by atoms with Gasteiger partial charge in [0.15, 0.2) is 5.78 Å². The van der Waals surface area contributed by atoms with Crippen molar-refractivity contribution in [3.8, 4) is 0 Å². The minimum atomic E-state index is -0.307. The smallest absolute Gasteiger partial charge is 0.166 e. The van der Waals surface area contributed by atoms with Crippen LogP contribution in [0.3, 0.4) is 0 Å². The molecule has 1 spiro atoms. The van der Waals surface area contributed by atoms with Gasteiger partial charge in [0.25, 0.3) is 0 Å². The minimum absolute atomic E-state index is 0.126. The summed E-state index contributed by atoms with van der Waals surface area (Å²) in [7, 11) is 0. The SMILES string of the molecule is Cc1cc(F)cc(C(=O)C2CC23CCNCC3)c1. The maximum atomic E-state index is 13.3. The van der Waals surface area contributed by atoms with Gasteiger partial charge in [-0.05, 0) is 68.5 Å². The fourth-order valence-electron chi connectivity index (χ4n) is 3.28. The summed E-state index contributed by atoms with van der Waals surface area (Å²) in [6.45, 7) is 3.84. The third kappa shape index (κ3) is 1.97. The van der Waals surface area contributed by atoms with Gasteiger partial charge in [-0.15, -0.1) is 0 Å². The molecule has 2 fully saturated rings. The van der Waals surface area contributed by atoms with E-state index < -0.39 is 0 Å². The van der Waals surface area contributed by atoms with Gasteiger partial charge in [-0.3, -0.25) is 4.79 Å². The van der Waals surface area contributed by atoms with E-state index in [0.717, 1.165) is 37.9 Å². The van der Waals surface area contributed by atoms with Crippen LogP contribution in [-0.2, 0) is 0 Å². The number of nitrogens with one attached hydrogen (secondary N) is 1. The van der Waals surface area contributed by atoms with E-state index in [1.54, 1.807) is 6.07 Å². The number of halogens is 1. The molecule has 1 aliphatic heterocycles. The van der Waals surface area contributed by atoms with Gasteiger partial charge in [-0.25, -0.2) is 4.39 Å². The van der Waals surface area contributed by atoms with Crippen LogP contribution in [0.25, 0.3) is 0 Å². The number of ketones is 1. The van der Waals surface area contributed by atoms with Crippen molar-refractivity contribution < 1.29 is 9.18 Å². The van der Waals surface area contributed by atoms with Gasteiger partial charge in [-0.1, -0.05) is 0 Å². The highest BCUT2D eigenvalue weighted by Gasteiger charge is 2.57. The molecule has 1 saturated carbocycles. The van der Waals surface area contributed by atoms with Crippen LogP contribution in [0.2, 0.25) is 0 Å². The lowest BCUT2D eigenvalue weighted by Gasteiger charge is -2.23. The summed E-state index contributed by atoms with van der Waals surface area (Å²) in [6, 6.07) is 4.64. The molecular weight excluding hydrogens is 229 g/mol. The fourth-order valence-corrected chi connectivity index (χ4v) is 3.28. The molecule has 1 heterocycles. The molecule has 1 atom stereocenters. The predicted molar refractivity (Wildman–Crippen MR) is 68.1 cm³/mol. The lowest BCUT2D eigenvalue weighted by Crippen LogP contribution is -2.30. The first kappa shape index (κ1) is 11.8. The summed E-state index contributed by atoms with van der Waals surface area (Å²) < 4.78 is 13.3. The van der Waals surface area contributed by atoms with Crippen LogP contribution in [0.15, 0.2) is 18.2 Å². The highest BCUT2D eigenvalue weighted by Crippen LogP contribution is 2.59. The van der Waals surface area contributed by atoms with Crippen molar-refractivity contribution in [3.05, 3.63) is 35.1 Å². The molecule has 0 radical (unpaired) electrons. The number of benzene rings is 1. The van der Waals surface area contributed by atoms with Gasteiger partial charge in [0.05, 0.1) is 0 Å². The lowest BCUT2D eigenvalue weighted by atomic mass is 9.89. The number of rotatable bonds is 2. The maximum absolute atomic E-state index is 13.3.